The SMILES string of the molecule is COc1cc(NC(=O)Cc2ccccc2)ccc1-c1cnco1. The van der Waals surface area contributed by atoms with Gasteiger partial charge in [0.1, 0.15) is 5.75 Å². The van der Waals surface area contributed by atoms with Crippen LogP contribution < -0.4 is 10.1 Å². The largest absolute Gasteiger partial charge is 0.496 e. The van der Waals surface area contributed by atoms with Gasteiger partial charge < -0.3 is 14.5 Å². The second-order valence-electron chi connectivity index (χ2n) is 4.99. The third kappa shape index (κ3) is 3.58. The molecule has 23 heavy (non-hydrogen) atoms. The molecule has 3 rings (SSSR count). The smallest absolute Gasteiger partial charge is 0.228 e. The topological polar surface area (TPSA) is 64.4 Å². The van der Waals surface area contributed by atoms with Crippen molar-refractivity contribution in [3.8, 4) is 17.1 Å². The van der Waals surface area contributed by atoms with Crippen LogP contribution in [-0.4, -0.2) is 18.0 Å². The summed E-state index contributed by atoms with van der Waals surface area (Å²) in [7, 11) is 1.57. The van der Waals surface area contributed by atoms with Crippen molar-refractivity contribution in [1.82, 2.24) is 4.98 Å². The number of nitrogens with one attached hydrogen (secondary N) is 1. The van der Waals surface area contributed by atoms with E-state index in [4.69, 9.17) is 9.15 Å². The Balaban J connectivity index is 1.75. The van der Waals surface area contributed by atoms with Crippen molar-refractivity contribution in [2.45, 2.75) is 6.42 Å². The van der Waals surface area contributed by atoms with Crippen LogP contribution in [-0.2, 0) is 11.2 Å². The molecule has 0 aliphatic heterocycles. The summed E-state index contributed by atoms with van der Waals surface area (Å²) in [5.41, 5.74) is 2.42. The highest BCUT2D eigenvalue weighted by molar-refractivity contribution is 5.93. The van der Waals surface area contributed by atoms with E-state index < -0.39 is 0 Å². The van der Waals surface area contributed by atoms with Gasteiger partial charge in [-0.05, 0) is 17.7 Å². The summed E-state index contributed by atoms with van der Waals surface area (Å²) < 4.78 is 10.7. The van der Waals surface area contributed by atoms with Crippen LogP contribution in [0.2, 0.25) is 0 Å². The van der Waals surface area contributed by atoms with Gasteiger partial charge in [0.15, 0.2) is 12.2 Å². The molecule has 0 radical (unpaired) electrons. The molecule has 0 aliphatic carbocycles. The van der Waals surface area contributed by atoms with Crippen molar-refractivity contribution in [2.24, 2.45) is 0 Å². The minimum Gasteiger partial charge on any atom is -0.496 e. The lowest BCUT2D eigenvalue weighted by atomic mass is 10.1. The van der Waals surface area contributed by atoms with Gasteiger partial charge in [-0.3, -0.25) is 4.79 Å². The summed E-state index contributed by atoms with van der Waals surface area (Å²) in [4.78, 5) is 16.0. The Morgan fingerprint density at radius 2 is 2.04 bits per heavy atom. The van der Waals surface area contributed by atoms with Crippen LogP contribution >= 0.6 is 0 Å². The molecule has 0 fully saturated rings. The Kier molecular flexibility index (Phi) is 4.38. The number of nitrogens with zero attached hydrogens (tertiary/aromatic N) is 1. The molecule has 0 bridgehead atoms. The van der Waals surface area contributed by atoms with E-state index >= 15 is 0 Å². The fourth-order valence-electron chi connectivity index (χ4n) is 2.31. The third-order valence-corrected chi connectivity index (χ3v) is 3.39. The molecule has 0 aliphatic rings. The Labute approximate surface area is 133 Å². The minimum atomic E-state index is -0.0781. The first-order valence-electron chi connectivity index (χ1n) is 7.17. The summed E-state index contributed by atoms with van der Waals surface area (Å²) in [6.07, 6.45) is 3.31. The Hall–Kier alpha value is -3.08. The van der Waals surface area contributed by atoms with E-state index in [0.717, 1.165) is 11.1 Å². The number of hydrogen-bond donors (Lipinski definition) is 1. The highest BCUT2D eigenvalue weighted by Gasteiger charge is 2.11. The number of amides is 1. The van der Waals surface area contributed by atoms with Crippen LogP contribution in [0, 0.1) is 0 Å². The molecule has 0 spiro atoms. The lowest BCUT2D eigenvalue weighted by molar-refractivity contribution is -0.115. The van der Waals surface area contributed by atoms with Crippen molar-refractivity contribution in [1.29, 1.82) is 0 Å². The van der Waals surface area contributed by atoms with E-state index in [9.17, 15) is 4.79 Å². The first-order chi connectivity index (χ1) is 11.3. The van der Waals surface area contributed by atoms with E-state index in [-0.39, 0.29) is 5.91 Å². The molecule has 1 aromatic heterocycles. The van der Waals surface area contributed by atoms with Gasteiger partial charge in [0, 0.05) is 11.8 Å². The average Bonchev–Trinajstić information content (AvgIpc) is 3.10. The first-order valence-corrected chi connectivity index (χ1v) is 7.17. The molecule has 116 valence electrons. The second kappa shape index (κ2) is 6.79. The van der Waals surface area contributed by atoms with E-state index in [2.05, 4.69) is 10.3 Å². The standard InChI is InChI=1S/C18H16N2O3/c1-22-16-10-14(7-8-15(16)17-11-19-12-23-17)20-18(21)9-13-5-3-2-4-6-13/h2-8,10-12H,9H2,1H3,(H,20,21). The minimum absolute atomic E-state index is 0.0781. The van der Waals surface area contributed by atoms with Gasteiger partial charge in [-0.25, -0.2) is 4.98 Å². The number of rotatable bonds is 5. The lowest BCUT2D eigenvalue weighted by Gasteiger charge is -2.10. The summed E-state index contributed by atoms with van der Waals surface area (Å²) in [5.74, 6) is 1.15. The van der Waals surface area contributed by atoms with Crippen molar-refractivity contribution in [3.05, 3.63) is 66.7 Å². The molecule has 1 heterocycles. The molecule has 0 saturated heterocycles. The maximum absolute atomic E-state index is 12.1. The monoisotopic (exact) mass is 308 g/mol. The number of hydrogen-bond acceptors (Lipinski definition) is 4. The van der Waals surface area contributed by atoms with Gasteiger partial charge in [-0.15, -0.1) is 0 Å². The fraction of sp³-hybridized carbons (Fsp3) is 0.111. The van der Waals surface area contributed by atoms with Gasteiger partial charge in [-0.1, -0.05) is 30.3 Å². The average molecular weight is 308 g/mol. The highest BCUT2D eigenvalue weighted by atomic mass is 16.5. The summed E-state index contributed by atoms with van der Waals surface area (Å²) >= 11 is 0. The van der Waals surface area contributed by atoms with Crippen LogP contribution in [0.4, 0.5) is 5.69 Å². The molecular formula is C18H16N2O3. The number of ether oxygens (including phenoxy) is 1. The molecule has 5 heteroatoms. The molecule has 0 atom stereocenters. The van der Waals surface area contributed by atoms with Gasteiger partial charge in [0.25, 0.3) is 0 Å². The molecule has 0 unspecified atom stereocenters. The molecule has 1 amide bonds. The zero-order valence-corrected chi connectivity index (χ0v) is 12.7. The second-order valence-corrected chi connectivity index (χ2v) is 4.99. The van der Waals surface area contributed by atoms with Gasteiger partial charge in [0.2, 0.25) is 5.91 Å². The van der Waals surface area contributed by atoms with Gasteiger partial charge in [0.05, 0.1) is 25.3 Å². The zero-order valence-electron chi connectivity index (χ0n) is 12.7. The summed E-state index contributed by atoms with van der Waals surface area (Å²) in [6.45, 7) is 0. The van der Waals surface area contributed by atoms with Crippen LogP contribution in [0.25, 0.3) is 11.3 Å². The molecule has 5 nitrogen and oxygen atoms in total. The number of aromatic nitrogens is 1. The lowest BCUT2D eigenvalue weighted by Crippen LogP contribution is -2.14. The Morgan fingerprint density at radius 3 is 2.74 bits per heavy atom. The normalized spacial score (nSPS) is 10.3. The third-order valence-electron chi connectivity index (χ3n) is 3.39. The summed E-state index contributed by atoms with van der Waals surface area (Å²) in [5, 5.41) is 2.87. The number of methoxy groups -OCH3 is 1. The predicted octanol–water partition coefficient (Wildman–Crippen LogP) is 3.53. The first kappa shape index (κ1) is 14.8. The number of benzene rings is 2. The van der Waals surface area contributed by atoms with Crippen LogP contribution in [0.1, 0.15) is 5.56 Å². The number of carbonyl (C=O) groups is 1. The van der Waals surface area contributed by atoms with Crippen molar-refractivity contribution < 1.29 is 13.9 Å². The quantitative estimate of drug-likeness (QED) is 0.783. The van der Waals surface area contributed by atoms with Crippen molar-refractivity contribution in [2.75, 3.05) is 12.4 Å². The fourth-order valence-corrected chi connectivity index (χ4v) is 2.31. The molecule has 2 aromatic carbocycles. The van der Waals surface area contributed by atoms with E-state index in [1.165, 1.54) is 6.39 Å². The number of carbonyl (C=O) groups excluding carboxylic acids is 1. The molecule has 1 N–H and O–H groups in total. The van der Waals surface area contributed by atoms with E-state index in [1.54, 1.807) is 19.4 Å². The maximum atomic E-state index is 12.1. The Bertz CT molecular complexity index is 783. The van der Waals surface area contributed by atoms with Crippen LogP contribution in [0.3, 0.4) is 0 Å². The maximum Gasteiger partial charge on any atom is 0.228 e. The number of anilines is 1. The zero-order chi connectivity index (χ0) is 16.1. The van der Waals surface area contributed by atoms with Crippen molar-refractivity contribution in [3.63, 3.8) is 0 Å². The highest BCUT2D eigenvalue weighted by Crippen LogP contribution is 2.32. The number of oxazole rings is 1. The summed E-state index contributed by atoms with van der Waals surface area (Å²) in [6, 6.07) is 15.0. The van der Waals surface area contributed by atoms with Gasteiger partial charge in [-0.2, -0.15) is 0 Å². The van der Waals surface area contributed by atoms with Crippen LogP contribution in [0.15, 0.2) is 65.5 Å². The van der Waals surface area contributed by atoms with E-state index in [1.807, 2.05) is 42.5 Å². The molecule has 3 aromatic rings. The predicted molar refractivity (Wildman–Crippen MR) is 87.3 cm³/mol. The molecular weight excluding hydrogens is 292 g/mol. The van der Waals surface area contributed by atoms with Crippen molar-refractivity contribution >= 4 is 11.6 Å². The van der Waals surface area contributed by atoms with E-state index in [0.29, 0.717) is 23.6 Å². The van der Waals surface area contributed by atoms with Crippen LogP contribution in [0.5, 0.6) is 5.75 Å². The Morgan fingerprint density at radius 1 is 1.22 bits per heavy atom. The molecule has 0 saturated carbocycles. The van der Waals surface area contributed by atoms with Gasteiger partial charge >= 0.3 is 0 Å².